The molecule has 1 aliphatic heterocycles. The van der Waals surface area contributed by atoms with Crippen LogP contribution in [0, 0.1) is 0 Å². The van der Waals surface area contributed by atoms with Gasteiger partial charge in [-0.15, -0.1) is 0 Å². The van der Waals surface area contributed by atoms with Gasteiger partial charge in [-0.05, 0) is 31.0 Å². The summed E-state index contributed by atoms with van der Waals surface area (Å²) < 4.78 is 0. The lowest BCUT2D eigenvalue weighted by Gasteiger charge is -2.15. The number of hydrogen-bond donors (Lipinski definition) is 3. The lowest BCUT2D eigenvalue weighted by molar-refractivity contribution is -0.136. The Labute approximate surface area is 138 Å². The first-order valence-electron chi connectivity index (χ1n) is 7.93. The summed E-state index contributed by atoms with van der Waals surface area (Å²) in [6.45, 7) is 1.75. The van der Waals surface area contributed by atoms with E-state index in [1.165, 1.54) is 0 Å². The van der Waals surface area contributed by atoms with Crippen molar-refractivity contribution < 1.29 is 14.4 Å². The number of aromatic amines is 1. The number of hydrogen-bond acceptors (Lipinski definition) is 4. The Morgan fingerprint density at radius 1 is 1.29 bits per heavy atom. The summed E-state index contributed by atoms with van der Waals surface area (Å²) in [5.41, 5.74) is 2.09. The molecular formula is C16H19N5O3. The molecule has 126 valence electrons. The van der Waals surface area contributed by atoms with Crippen molar-refractivity contribution >= 4 is 34.4 Å². The molecule has 3 N–H and O–H groups in total. The molecule has 0 bridgehead atoms. The van der Waals surface area contributed by atoms with Gasteiger partial charge in [-0.2, -0.15) is 0 Å². The Morgan fingerprint density at radius 2 is 2.17 bits per heavy atom. The van der Waals surface area contributed by atoms with Crippen molar-refractivity contribution in [2.75, 3.05) is 25.0 Å². The first-order chi connectivity index (χ1) is 11.6. The molecule has 2 heterocycles. The van der Waals surface area contributed by atoms with E-state index in [0.717, 1.165) is 24.0 Å². The Morgan fingerprint density at radius 3 is 2.96 bits per heavy atom. The summed E-state index contributed by atoms with van der Waals surface area (Å²) in [5.74, 6) is -1.24. The normalized spacial score (nSPS) is 14.2. The van der Waals surface area contributed by atoms with E-state index < -0.39 is 11.8 Å². The number of aromatic nitrogens is 2. The molecule has 0 spiro atoms. The summed E-state index contributed by atoms with van der Waals surface area (Å²) in [4.78, 5) is 43.9. The van der Waals surface area contributed by atoms with Gasteiger partial charge in [-0.1, -0.05) is 0 Å². The van der Waals surface area contributed by atoms with E-state index in [9.17, 15) is 14.4 Å². The topological polar surface area (TPSA) is 107 Å². The molecule has 0 aliphatic carbocycles. The molecule has 0 radical (unpaired) electrons. The Balaban J connectivity index is 1.42. The Bertz CT molecular complexity index is 770. The van der Waals surface area contributed by atoms with Gasteiger partial charge >= 0.3 is 11.8 Å². The number of fused-ring (bicyclic) bond motifs is 1. The third kappa shape index (κ3) is 3.70. The lowest BCUT2D eigenvalue weighted by Crippen LogP contribution is -2.37. The van der Waals surface area contributed by atoms with Crippen molar-refractivity contribution in [2.24, 2.45) is 0 Å². The number of carbonyl (C=O) groups excluding carboxylic acids is 3. The quantitative estimate of drug-likeness (QED) is 0.552. The van der Waals surface area contributed by atoms with Crippen molar-refractivity contribution in [2.45, 2.75) is 19.3 Å². The first kappa shape index (κ1) is 16.0. The van der Waals surface area contributed by atoms with Crippen LogP contribution in [-0.4, -0.2) is 52.2 Å². The number of benzene rings is 1. The van der Waals surface area contributed by atoms with Gasteiger partial charge in [0.1, 0.15) is 0 Å². The van der Waals surface area contributed by atoms with Gasteiger partial charge in [0.15, 0.2) is 0 Å². The smallest absolute Gasteiger partial charge is 0.313 e. The molecule has 24 heavy (non-hydrogen) atoms. The van der Waals surface area contributed by atoms with Crippen LogP contribution in [0.15, 0.2) is 24.5 Å². The number of nitrogens with zero attached hydrogens (tertiary/aromatic N) is 2. The number of likely N-dealkylation sites (tertiary alicyclic amines) is 1. The number of nitrogens with one attached hydrogen (secondary N) is 3. The predicted molar refractivity (Wildman–Crippen MR) is 88.2 cm³/mol. The summed E-state index contributed by atoms with van der Waals surface area (Å²) in [7, 11) is 0. The highest BCUT2D eigenvalue weighted by molar-refractivity contribution is 6.39. The van der Waals surface area contributed by atoms with Crippen LogP contribution in [0.5, 0.6) is 0 Å². The number of anilines is 1. The zero-order valence-corrected chi connectivity index (χ0v) is 13.2. The largest absolute Gasteiger partial charge is 0.348 e. The van der Waals surface area contributed by atoms with Gasteiger partial charge in [-0.3, -0.25) is 14.4 Å². The van der Waals surface area contributed by atoms with Gasteiger partial charge in [0.25, 0.3) is 0 Å². The molecule has 1 saturated heterocycles. The van der Waals surface area contributed by atoms with Crippen molar-refractivity contribution in [3.63, 3.8) is 0 Å². The number of rotatable bonds is 5. The Kier molecular flexibility index (Phi) is 4.74. The SMILES string of the molecule is O=C(NCCCN1CCCC1=O)C(=O)Nc1ccc2nc[nH]c2c1. The summed E-state index contributed by atoms with van der Waals surface area (Å²) in [5, 5.41) is 5.11. The third-order valence-corrected chi connectivity index (χ3v) is 3.95. The minimum atomic E-state index is -0.717. The van der Waals surface area contributed by atoms with Crippen LogP contribution in [0.2, 0.25) is 0 Å². The van der Waals surface area contributed by atoms with E-state index in [0.29, 0.717) is 31.6 Å². The molecule has 1 fully saturated rings. The van der Waals surface area contributed by atoms with Crippen molar-refractivity contribution in [1.29, 1.82) is 0 Å². The zero-order valence-electron chi connectivity index (χ0n) is 13.2. The molecule has 1 aromatic heterocycles. The minimum absolute atomic E-state index is 0.160. The standard InChI is InChI=1S/C16H19N5O3/c22-14-3-1-7-21(14)8-2-6-17-15(23)16(24)20-11-4-5-12-13(9-11)19-10-18-12/h4-5,9-10H,1-3,6-8H2,(H,17,23)(H,18,19)(H,20,24). The number of imidazole rings is 1. The van der Waals surface area contributed by atoms with Crippen molar-refractivity contribution in [1.82, 2.24) is 20.2 Å². The highest BCUT2D eigenvalue weighted by atomic mass is 16.2. The monoisotopic (exact) mass is 329 g/mol. The van der Waals surface area contributed by atoms with Gasteiger partial charge < -0.3 is 20.5 Å². The second-order valence-corrected chi connectivity index (χ2v) is 5.68. The van der Waals surface area contributed by atoms with Crippen LogP contribution in [-0.2, 0) is 14.4 Å². The van der Waals surface area contributed by atoms with Crippen LogP contribution in [0.1, 0.15) is 19.3 Å². The van der Waals surface area contributed by atoms with E-state index in [-0.39, 0.29) is 5.91 Å². The summed E-state index contributed by atoms with van der Waals surface area (Å²) in [6, 6.07) is 5.16. The van der Waals surface area contributed by atoms with Crippen LogP contribution in [0.4, 0.5) is 5.69 Å². The van der Waals surface area contributed by atoms with Crippen LogP contribution < -0.4 is 10.6 Å². The van der Waals surface area contributed by atoms with E-state index in [1.54, 1.807) is 29.4 Å². The van der Waals surface area contributed by atoms with Crippen LogP contribution in [0.3, 0.4) is 0 Å². The van der Waals surface area contributed by atoms with E-state index in [4.69, 9.17) is 0 Å². The van der Waals surface area contributed by atoms with Gasteiger partial charge in [-0.25, -0.2) is 4.98 Å². The zero-order chi connectivity index (χ0) is 16.9. The number of amides is 3. The summed E-state index contributed by atoms with van der Waals surface area (Å²) >= 11 is 0. The molecule has 0 atom stereocenters. The lowest BCUT2D eigenvalue weighted by atomic mass is 10.2. The molecule has 2 aromatic rings. The van der Waals surface area contributed by atoms with Crippen molar-refractivity contribution in [3.05, 3.63) is 24.5 Å². The van der Waals surface area contributed by atoms with E-state index >= 15 is 0 Å². The fourth-order valence-electron chi connectivity index (χ4n) is 2.69. The highest BCUT2D eigenvalue weighted by Crippen LogP contribution is 2.15. The second kappa shape index (κ2) is 7.12. The van der Waals surface area contributed by atoms with Gasteiger partial charge in [0.05, 0.1) is 17.4 Å². The molecule has 3 rings (SSSR count). The average Bonchev–Trinajstić information content (AvgIpc) is 3.19. The molecule has 1 aromatic carbocycles. The maximum absolute atomic E-state index is 11.9. The fourth-order valence-corrected chi connectivity index (χ4v) is 2.69. The first-order valence-corrected chi connectivity index (χ1v) is 7.93. The fraction of sp³-hybridized carbons (Fsp3) is 0.375. The molecule has 3 amide bonds. The third-order valence-electron chi connectivity index (χ3n) is 3.95. The predicted octanol–water partition coefficient (Wildman–Crippen LogP) is 0.630. The Hall–Kier alpha value is -2.90. The maximum Gasteiger partial charge on any atom is 0.313 e. The van der Waals surface area contributed by atoms with Gasteiger partial charge in [0.2, 0.25) is 5.91 Å². The van der Waals surface area contributed by atoms with E-state index in [2.05, 4.69) is 20.6 Å². The molecular weight excluding hydrogens is 310 g/mol. The van der Waals surface area contributed by atoms with Crippen LogP contribution in [0.25, 0.3) is 11.0 Å². The number of carbonyl (C=O) groups is 3. The van der Waals surface area contributed by atoms with E-state index in [1.807, 2.05) is 0 Å². The molecule has 8 nitrogen and oxygen atoms in total. The van der Waals surface area contributed by atoms with Crippen molar-refractivity contribution in [3.8, 4) is 0 Å². The molecule has 0 unspecified atom stereocenters. The molecule has 0 saturated carbocycles. The second-order valence-electron chi connectivity index (χ2n) is 5.68. The maximum atomic E-state index is 11.9. The van der Waals surface area contributed by atoms with Crippen LogP contribution >= 0.6 is 0 Å². The summed E-state index contributed by atoms with van der Waals surface area (Å²) in [6.07, 6.45) is 3.70. The highest BCUT2D eigenvalue weighted by Gasteiger charge is 2.19. The number of H-pyrrole nitrogens is 1. The molecule has 8 heteroatoms. The molecule has 1 aliphatic rings. The van der Waals surface area contributed by atoms with Gasteiger partial charge in [0, 0.05) is 31.7 Å². The average molecular weight is 329 g/mol. The minimum Gasteiger partial charge on any atom is -0.348 e.